The first kappa shape index (κ1) is 19.5. The van der Waals surface area contributed by atoms with Crippen molar-refractivity contribution in [3.63, 3.8) is 0 Å². The molecular formula is C22H31FN2O3. The number of halogens is 1. The molecule has 3 aliphatic rings. The number of nitrogens with one attached hydrogen (secondary N) is 1. The number of alkyl carbamates (subject to hydrolysis) is 1. The van der Waals surface area contributed by atoms with Gasteiger partial charge in [-0.1, -0.05) is 12.8 Å². The number of amides is 1. The van der Waals surface area contributed by atoms with Crippen LogP contribution in [0.1, 0.15) is 57.4 Å². The number of hydrogen-bond acceptors (Lipinski definition) is 4. The van der Waals surface area contributed by atoms with E-state index in [9.17, 15) is 9.18 Å². The van der Waals surface area contributed by atoms with Crippen LogP contribution in [0.25, 0.3) is 0 Å². The smallest absolute Gasteiger partial charge is 0.407 e. The van der Waals surface area contributed by atoms with Crippen LogP contribution in [0.15, 0.2) is 18.2 Å². The molecule has 5 nitrogen and oxygen atoms in total. The van der Waals surface area contributed by atoms with Gasteiger partial charge in [0.1, 0.15) is 11.6 Å². The Morgan fingerprint density at radius 3 is 2.89 bits per heavy atom. The predicted molar refractivity (Wildman–Crippen MR) is 105 cm³/mol. The summed E-state index contributed by atoms with van der Waals surface area (Å²) in [6.07, 6.45) is 7.21. The van der Waals surface area contributed by atoms with Gasteiger partial charge in [0, 0.05) is 23.1 Å². The van der Waals surface area contributed by atoms with Crippen molar-refractivity contribution in [1.82, 2.24) is 10.2 Å². The molecule has 1 N–H and O–H groups in total. The number of fused-ring (bicyclic) bond motifs is 2. The standard InChI is InChI=1S/C22H31FN2O3/c1-2-27-21(26)24-17-5-3-4-6-18(14-17)25-11-9-22(10-12-25)15-28-20-8-7-16(23)13-19(20)22/h7-8,13,17-18H,2-6,9-12,14-15H2,1H3,(H,24,26). The molecule has 0 bridgehead atoms. The van der Waals surface area contributed by atoms with E-state index in [1.165, 1.54) is 18.9 Å². The van der Waals surface area contributed by atoms with E-state index in [1.54, 1.807) is 12.1 Å². The highest BCUT2D eigenvalue weighted by Crippen LogP contribution is 2.46. The van der Waals surface area contributed by atoms with Crippen LogP contribution >= 0.6 is 0 Å². The molecule has 1 saturated heterocycles. The minimum atomic E-state index is -0.299. The van der Waals surface area contributed by atoms with Crippen LogP contribution in [0, 0.1) is 5.82 Å². The molecule has 2 heterocycles. The Bertz CT molecular complexity index is 703. The van der Waals surface area contributed by atoms with Gasteiger partial charge in [-0.2, -0.15) is 0 Å². The van der Waals surface area contributed by atoms with Gasteiger partial charge < -0.3 is 19.7 Å². The minimum absolute atomic E-state index is 0.0404. The van der Waals surface area contributed by atoms with Crippen molar-refractivity contribution in [2.45, 2.75) is 69.4 Å². The maximum absolute atomic E-state index is 13.8. The molecule has 1 aromatic carbocycles. The molecule has 28 heavy (non-hydrogen) atoms. The second kappa shape index (κ2) is 8.27. The predicted octanol–water partition coefficient (Wildman–Crippen LogP) is 4.00. The van der Waals surface area contributed by atoms with Gasteiger partial charge in [0.2, 0.25) is 0 Å². The maximum Gasteiger partial charge on any atom is 0.407 e. The first-order valence-electron chi connectivity index (χ1n) is 10.7. The number of nitrogens with zero attached hydrogens (tertiary/aromatic N) is 1. The number of likely N-dealkylation sites (tertiary alicyclic amines) is 1. The van der Waals surface area contributed by atoms with Crippen LogP contribution in [-0.4, -0.2) is 49.4 Å². The lowest BCUT2D eigenvalue weighted by molar-refractivity contribution is 0.0881. The molecule has 0 aromatic heterocycles. The van der Waals surface area contributed by atoms with Crippen LogP contribution in [-0.2, 0) is 10.2 Å². The molecule has 1 spiro atoms. The van der Waals surface area contributed by atoms with Gasteiger partial charge in [-0.25, -0.2) is 9.18 Å². The van der Waals surface area contributed by atoms with E-state index in [1.807, 2.05) is 6.92 Å². The first-order valence-corrected chi connectivity index (χ1v) is 10.7. The van der Waals surface area contributed by atoms with Gasteiger partial charge in [-0.3, -0.25) is 0 Å². The second-order valence-electron chi connectivity index (χ2n) is 8.48. The largest absolute Gasteiger partial charge is 0.492 e. The zero-order chi connectivity index (χ0) is 19.6. The molecular weight excluding hydrogens is 359 g/mol. The van der Waals surface area contributed by atoms with Crippen molar-refractivity contribution < 1.29 is 18.7 Å². The van der Waals surface area contributed by atoms with Crippen LogP contribution in [0.3, 0.4) is 0 Å². The Morgan fingerprint density at radius 1 is 1.32 bits per heavy atom. The quantitative estimate of drug-likeness (QED) is 0.793. The summed E-state index contributed by atoms with van der Waals surface area (Å²) in [6, 6.07) is 5.59. The normalized spacial score (nSPS) is 26.9. The second-order valence-corrected chi connectivity index (χ2v) is 8.48. The average Bonchev–Trinajstić information content (AvgIpc) is 2.87. The molecule has 6 heteroatoms. The zero-order valence-corrected chi connectivity index (χ0v) is 16.7. The van der Waals surface area contributed by atoms with Gasteiger partial charge in [0.05, 0.1) is 13.2 Å². The fourth-order valence-electron chi connectivity index (χ4n) is 5.20. The summed E-state index contributed by atoms with van der Waals surface area (Å²) in [5.74, 6) is 0.672. The van der Waals surface area contributed by atoms with Crippen molar-refractivity contribution in [2.24, 2.45) is 0 Å². The molecule has 2 fully saturated rings. The van der Waals surface area contributed by atoms with Gasteiger partial charge in [-0.05, 0) is 70.3 Å². The van der Waals surface area contributed by atoms with E-state index in [-0.39, 0.29) is 23.4 Å². The van der Waals surface area contributed by atoms with Crippen molar-refractivity contribution >= 4 is 6.09 Å². The van der Waals surface area contributed by atoms with Gasteiger partial charge in [0.15, 0.2) is 0 Å². The molecule has 4 rings (SSSR count). The van der Waals surface area contributed by atoms with Crippen LogP contribution in [0.4, 0.5) is 9.18 Å². The van der Waals surface area contributed by atoms with E-state index in [2.05, 4.69) is 10.2 Å². The SMILES string of the molecule is CCOC(=O)NC1CCCCC(N2CCC3(CC2)COc2ccc(F)cc23)C1. The number of carbonyl (C=O) groups excluding carboxylic acids is 1. The maximum atomic E-state index is 13.8. The lowest BCUT2D eigenvalue weighted by Gasteiger charge is -2.42. The number of benzene rings is 1. The van der Waals surface area contributed by atoms with Crippen molar-refractivity contribution in [3.05, 3.63) is 29.6 Å². The molecule has 2 atom stereocenters. The fraction of sp³-hybridized carbons (Fsp3) is 0.682. The summed E-state index contributed by atoms with van der Waals surface area (Å²) in [5, 5.41) is 3.05. The lowest BCUT2D eigenvalue weighted by atomic mass is 9.74. The Morgan fingerprint density at radius 2 is 2.11 bits per heavy atom. The molecule has 1 aromatic rings. The summed E-state index contributed by atoms with van der Waals surface area (Å²) in [5.41, 5.74) is 1.01. The Kier molecular flexibility index (Phi) is 5.76. The number of carbonyl (C=O) groups is 1. The highest BCUT2D eigenvalue weighted by molar-refractivity contribution is 5.67. The summed E-state index contributed by atoms with van der Waals surface area (Å²) in [6.45, 7) is 4.89. The van der Waals surface area contributed by atoms with E-state index in [4.69, 9.17) is 9.47 Å². The van der Waals surface area contributed by atoms with Gasteiger partial charge >= 0.3 is 6.09 Å². The van der Waals surface area contributed by atoms with E-state index >= 15 is 0 Å². The molecule has 0 radical (unpaired) electrons. The van der Waals surface area contributed by atoms with Crippen LogP contribution < -0.4 is 10.1 Å². The summed E-state index contributed by atoms with van der Waals surface area (Å²) >= 11 is 0. The minimum Gasteiger partial charge on any atom is -0.492 e. The number of piperidine rings is 1. The van der Waals surface area contributed by atoms with E-state index < -0.39 is 0 Å². The number of hydrogen-bond donors (Lipinski definition) is 1. The van der Waals surface area contributed by atoms with Crippen LogP contribution in [0.5, 0.6) is 5.75 Å². The summed E-state index contributed by atoms with van der Waals surface area (Å²) in [4.78, 5) is 14.4. The average molecular weight is 390 g/mol. The van der Waals surface area contributed by atoms with Crippen LogP contribution in [0.2, 0.25) is 0 Å². The monoisotopic (exact) mass is 390 g/mol. The van der Waals surface area contributed by atoms with Crippen molar-refractivity contribution in [1.29, 1.82) is 0 Å². The molecule has 2 unspecified atom stereocenters. The van der Waals surface area contributed by atoms with Gasteiger partial charge in [0.25, 0.3) is 0 Å². The zero-order valence-electron chi connectivity index (χ0n) is 16.7. The highest BCUT2D eigenvalue weighted by atomic mass is 19.1. The number of rotatable bonds is 3. The fourth-order valence-corrected chi connectivity index (χ4v) is 5.20. The Labute approximate surface area is 166 Å². The van der Waals surface area contributed by atoms with E-state index in [0.29, 0.717) is 19.3 Å². The molecule has 1 amide bonds. The lowest BCUT2D eigenvalue weighted by Crippen LogP contribution is -2.49. The molecule has 1 saturated carbocycles. The highest BCUT2D eigenvalue weighted by Gasteiger charge is 2.44. The topological polar surface area (TPSA) is 50.8 Å². The third-order valence-electron chi connectivity index (χ3n) is 6.78. The Hall–Kier alpha value is -1.82. The molecule has 154 valence electrons. The third-order valence-corrected chi connectivity index (χ3v) is 6.78. The summed E-state index contributed by atoms with van der Waals surface area (Å²) in [7, 11) is 0. The number of ether oxygens (including phenoxy) is 2. The molecule has 1 aliphatic carbocycles. The Balaban J connectivity index is 1.38. The summed E-state index contributed by atoms with van der Waals surface area (Å²) < 4.78 is 24.8. The van der Waals surface area contributed by atoms with Crippen molar-refractivity contribution in [2.75, 3.05) is 26.3 Å². The van der Waals surface area contributed by atoms with E-state index in [0.717, 1.165) is 56.5 Å². The third kappa shape index (κ3) is 3.97. The first-order chi connectivity index (χ1) is 13.6. The molecule has 2 aliphatic heterocycles. The van der Waals surface area contributed by atoms with Gasteiger partial charge in [-0.15, -0.1) is 0 Å². The van der Waals surface area contributed by atoms with Crippen molar-refractivity contribution in [3.8, 4) is 5.75 Å².